The third-order valence-electron chi connectivity index (χ3n) is 3.49. The number of rotatable bonds is 3. The molecule has 3 aromatic carbocycles. The van der Waals surface area contributed by atoms with Gasteiger partial charge in [0, 0.05) is 17.8 Å². The summed E-state index contributed by atoms with van der Waals surface area (Å²) >= 11 is 5.16. The summed E-state index contributed by atoms with van der Waals surface area (Å²) in [5.74, 6) is -0.832. The van der Waals surface area contributed by atoms with Crippen molar-refractivity contribution in [3.63, 3.8) is 0 Å². The Morgan fingerprint density at radius 1 is 0.920 bits per heavy atom. The average Bonchev–Trinajstić information content (AvgIpc) is 2.57. The SMILES string of the molecule is Oc1cc(O)c(/C=N/NC(=S)Nc2ccc3ccccc3c2)c(O)c1. The number of nitrogens with one attached hydrogen (secondary N) is 2. The molecule has 3 aromatic rings. The Morgan fingerprint density at radius 3 is 2.32 bits per heavy atom. The average molecular weight is 353 g/mol. The van der Waals surface area contributed by atoms with Gasteiger partial charge in [-0.15, -0.1) is 0 Å². The molecule has 0 amide bonds. The molecule has 0 atom stereocenters. The highest BCUT2D eigenvalue weighted by Crippen LogP contribution is 2.30. The molecule has 3 rings (SSSR count). The molecule has 25 heavy (non-hydrogen) atoms. The van der Waals surface area contributed by atoms with Crippen LogP contribution in [0.5, 0.6) is 17.2 Å². The number of hydrazone groups is 1. The van der Waals surface area contributed by atoms with Gasteiger partial charge in [-0.25, -0.2) is 0 Å². The van der Waals surface area contributed by atoms with Gasteiger partial charge >= 0.3 is 0 Å². The third-order valence-corrected chi connectivity index (χ3v) is 3.68. The highest BCUT2D eigenvalue weighted by Gasteiger charge is 2.07. The van der Waals surface area contributed by atoms with Gasteiger partial charge in [-0.05, 0) is 35.1 Å². The number of hydrogen-bond donors (Lipinski definition) is 5. The van der Waals surface area contributed by atoms with Crippen molar-refractivity contribution in [3.8, 4) is 17.2 Å². The van der Waals surface area contributed by atoms with Crippen molar-refractivity contribution in [3.05, 3.63) is 60.2 Å². The van der Waals surface area contributed by atoms with E-state index in [1.54, 1.807) is 0 Å². The fourth-order valence-corrected chi connectivity index (χ4v) is 2.49. The monoisotopic (exact) mass is 353 g/mol. The molecule has 0 fully saturated rings. The Kier molecular flexibility index (Phi) is 4.67. The lowest BCUT2D eigenvalue weighted by Crippen LogP contribution is -2.23. The highest BCUT2D eigenvalue weighted by atomic mass is 32.1. The van der Waals surface area contributed by atoms with Gasteiger partial charge in [-0.3, -0.25) is 5.43 Å². The third kappa shape index (κ3) is 3.96. The fourth-order valence-electron chi connectivity index (χ4n) is 2.32. The van der Waals surface area contributed by atoms with Crippen LogP contribution in [-0.2, 0) is 0 Å². The van der Waals surface area contributed by atoms with Crippen molar-refractivity contribution in [1.82, 2.24) is 5.43 Å². The van der Waals surface area contributed by atoms with E-state index in [9.17, 15) is 15.3 Å². The van der Waals surface area contributed by atoms with E-state index in [1.165, 1.54) is 6.21 Å². The normalized spacial score (nSPS) is 10.9. The lowest BCUT2D eigenvalue weighted by atomic mass is 10.1. The molecule has 0 aliphatic heterocycles. The van der Waals surface area contributed by atoms with E-state index in [1.807, 2.05) is 42.5 Å². The first kappa shape index (κ1) is 16.5. The van der Waals surface area contributed by atoms with Crippen LogP contribution in [0.15, 0.2) is 59.7 Å². The van der Waals surface area contributed by atoms with E-state index in [0.29, 0.717) is 0 Å². The summed E-state index contributed by atoms with van der Waals surface area (Å²) in [4.78, 5) is 0. The molecule has 0 bridgehead atoms. The molecule has 6 nitrogen and oxygen atoms in total. The van der Waals surface area contributed by atoms with E-state index in [4.69, 9.17) is 12.2 Å². The van der Waals surface area contributed by atoms with Crippen LogP contribution < -0.4 is 10.7 Å². The maximum absolute atomic E-state index is 9.69. The van der Waals surface area contributed by atoms with Crippen molar-refractivity contribution >= 4 is 40.0 Å². The highest BCUT2D eigenvalue weighted by molar-refractivity contribution is 7.80. The Morgan fingerprint density at radius 2 is 1.60 bits per heavy atom. The van der Waals surface area contributed by atoms with Crippen LogP contribution in [0.25, 0.3) is 10.8 Å². The van der Waals surface area contributed by atoms with Gasteiger partial charge in [0.05, 0.1) is 11.8 Å². The van der Waals surface area contributed by atoms with Crippen molar-refractivity contribution in [2.45, 2.75) is 0 Å². The zero-order chi connectivity index (χ0) is 17.8. The van der Waals surface area contributed by atoms with Crippen LogP contribution in [0.4, 0.5) is 5.69 Å². The van der Waals surface area contributed by atoms with E-state index >= 15 is 0 Å². The first-order valence-corrected chi connectivity index (χ1v) is 7.77. The molecule has 5 N–H and O–H groups in total. The van der Waals surface area contributed by atoms with Crippen LogP contribution in [0.3, 0.4) is 0 Å². The Hall–Kier alpha value is -3.32. The second-order valence-corrected chi connectivity index (χ2v) is 5.69. The molecular formula is C18H15N3O3S. The largest absolute Gasteiger partial charge is 0.508 e. The fraction of sp³-hybridized carbons (Fsp3) is 0. The first-order chi connectivity index (χ1) is 12.0. The summed E-state index contributed by atoms with van der Waals surface area (Å²) in [6.07, 6.45) is 1.21. The Bertz CT molecular complexity index is 950. The van der Waals surface area contributed by atoms with E-state index < -0.39 is 0 Å². The number of nitrogens with zero attached hydrogens (tertiary/aromatic N) is 1. The minimum Gasteiger partial charge on any atom is -0.508 e. The van der Waals surface area contributed by atoms with Gasteiger partial charge in [-0.2, -0.15) is 5.10 Å². The minimum atomic E-state index is -0.295. The summed E-state index contributed by atoms with van der Waals surface area (Å²) in [5.41, 5.74) is 3.48. The molecule has 7 heteroatoms. The number of phenols is 3. The summed E-state index contributed by atoms with van der Waals surface area (Å²) in [7, 11) is 0. The topological polar surface area (TPSA) is 97.1 Å². The number of aromatic hydroxyl groups is 3. The van der Waals surface area contributed by atoms with Gasteiger partial charge in [0.15, 0.2) is 5.11 Å². The quantitative estimate of drug-likeness (QED) is 0.282. The maximum atomic E-state index is 9.69. The molecular weight excluding hydrogens is 338 g/mol. The predicted molar refractivity (Wildman–Crippen MR) is 102 cm³/mol. The number of fused-ring (bicyclic) bond motifs is 1. The minimum absolute atomic E-state index is 0.0683. The summed E-state index contributed by atoms with van der Waals surface area (Å²) in [6, 6.07) is 16.0. The molecule has 126 valence electrons. The maximum Gasteiger partial charge on any atom is 0.191 e. The molecule has 0 spiro atoms. The number of phenolic OH excluding ortho intramolecular Hbond substituents is 3. The molecule has 0 heterocycles. The second kappa shape index (κ2) is 7.06. The molecule has 0 aliphatic carbocycles. The van der Waals surface area contributed by atoms with Gasteiger partial charge in [-0.1, -0.05) is 30.3 Å². The standard InChI is InChI=1S/C18H15N3O3S/c22-14-8-16(23)15(17(24)9-14)10-19-21-18(25)20-13-6-5-11-3-1-2-4-12(11)7-13/h1-10,22-24H,(H2,20,21,25)/b19-10+. The van der Waals surface area contributed by atoms with Gasteiger partial charge in [0.2, 0.25) is 0 Å². The van der Waals surface area contributed by atoms with Crippen LogP contribution in [0.2, 0.25) is 0 Å². The van der Waals surface area contributed by atoms with Gasteiger partial charge < -0.3 is 20.6 Å². The van der Waals surface area contributed by atoms with Crippen LogP contribution >= 0.6 is 12.2 Å². The number of hydrogen-bond acceptors (Lipinski definition) is 5. The first-order valence-electron chi connectivity index (χ1n) is 7.37. The Balaban J connectivity index is 1.66. The van der Waals surface area contributed by atoms with Crippen LogP contribution in [0.1, 0.15) is 5.56 Å². The van der Waals surface area contributed by atoms with Crippen molar-refractivity contribution in [2.24, 2.45) is 5.10 Å². The molecule has 0 saturated carbocycles. The van der Waals surface area contributed by atoms with Crippen molar-refractivity contribution in [2.75, 3.05) is 5.32 Å². The summed E-state index contributed by atoms with van der Waals surface area (Å²) in [6.45, 7) is 0. The van der Waals surface area contributed by atoms with Crippen LogP contribution in [0, 0.1) is 0 Å². The smallest absolute Gasteiger partial charge is 0.191 e. The molecule has 0 unspecified atom stereocenters. The lowest BCUT2D eigenvalue weighted by Gasteiger charge is -2.08. The summed E-state index contributed by atoms with van der Waals surface area (Å²) in [5, 5.41) is 38.0. The number of benzene rings is 3. The molecule has 0 aromatic heterocycles. The molecule has 0 aliphatic rings. The van der Waals surface area contributed by atoms with Crippen LogP contribution in [-0.4, -0.2) is 26.6 Å². The lowest BCUT2D eigenvalue weighted by molar-refractivity contribution is 0.427. The predicted octanol–water partition coefficient (Wildman–Crippen LogP) is 3.28. The van der Waals surface area contributed by atoms with Gasteiger partial charge in [0.1, 0.15) is 17.2 Å². The number of thiocarbonyl (C=S) groups is 1. The molecule has 0 radical (unpaired) electrons. The molecule has 0 saturated heterocycles. The van der Waals surface area contributed by atoms with Crippen molar-refractivity contribution in [1.29, 1.82) is 0 Å². The zero-order valence-corrected chi connectivity index (χ0v) is 13.8. The second-order valence-electron chi connectivity index (χ2n) is 5.28. The number of anilines is 1. The van der Waals surface area contributed by atoms with Gasteiger partial charge in [0.25, 0.3) is 0 Å². The summed E-state index contributed by atoms with van der Waals surface area (Å²) < 4.78 is 0. The van der Waals surface area contributed by atoms with E-state index in [0.717, 1.165) is 28.6 Å². The Labute approximate surface area is 149 Å². The van der Waals surface area contributed by atoms with E-state index in [2.05, 4.69) is 15.8 Å². The van der Waals surface area contributed by atoms with Crippen molar-refractivity contribution < 1.29 is 15.3 Å². The zero-order valence-electron chi connectivity index (χ0n) is 13.0. The van der Waals surface area contributed by atoms with E-state index in [-0.39, 0.29) is 27.9 Å².